The lowest BCUT2D eigenvalue weighted by atomic mass is 10.1. The summed E-state index contributed by atoms with van der Waals surface area (Å²) < 4.78 is 27.5. The molecule has 0 saturated heterocycles. The summed E-state index contributed by atoms with van der Waals surface area (Å²) in [6.45, 7) is 7.40. The second-order valence-electron chi connectivity index (χ2n) is 4.83. The zero-order valence-corrected chi connectivity index (χ0v) is 12.8. The Labute approximate surface area is 115 Å². The van der Waals surface area contributed by atoms with Crippen molar-refractivity contribution in [2.45, 2.75) is 58.1 Å². The largest absolute Gasteiger partial charge is 0.392 e. The molecule has 0 spiro atoms. The van der Waals surface area contributed by atoms with Gasteiger partial charge in [0.15, 0.2) is 0 Å². The summed E-state index contributed by atoms with van der Waals surface area (Å²) in [5.41, 5.74) is 2.22. The first-order chi connectivity index (χ1) is 8.85. The molecule has 0 aromatic heterocycles. The molecule has 2 N–H and O–H groups in total. The predicted octanol–water partition coefficient (Wildman–Crippen LogP) is 2.26. The summed E-state index contributed by atoms with van der Waals surface area (Å²) in [6, 6.07) is 3.31. The molecule has 0 fully saturated rings. The fourth-order valence-electron chi connectivity index (χ4n) is 2.01. The van der Waals surface area contributed by atoms with Crippen molar-refractivity contribution >= 4 is 10.0 Å². The van der Waals surface area contributed by atoms with Crippen LogP contribution in [0.5, 0.6) is 0 Å². The van der Waals surface area contributed by atoms with Gasteiger partial charge in [0.25, 0.3) is 0 Å². The standard InChI is InChI=1S/C14H23NO3S/c1-5-13(6-2)15-19(17,18)14-8-12(9-16)7-10(3)11(14)4/h7-8,13,15-16H,5-6,9H2,1-4H3. The lowest BCUT2D eigenvalue weighted by molar-refractivity contribution is 0.281. The second kappa shape index (κ2) is 6.50. The van der Waals surface area contributed by atoms with Crippen LogP contribution in [-0.2, 0) is 16.6 Å². The average Bonchev–Trinajstić information content (AvgIpc) is 2.38. The minimum absolute atomic E-state index is 0.0533. The molecular formula is C14H23NO3S. The number of aryl methyl sites for hydroxylation is 1. The smallest absolute Gasteiger partial charge is 0.241 e. The second-order valence-corrected chi connectivity index (χ2v) is 6.51. The van der Waals surface area contributed by atoms with Crippen molar-refractivity contribution in [1.82, 2.24) is 4.72 Å². The van der Waals surface area contributed by atoms with E-state index in [2.05, 4.69) is 4.72 Å². The zero-order valence-electron chi connectivity index (χ0n) is 12.0. The highest BCUT2D eigenvalue weighted by atomic mass is 32.2. The number of aliphatic hydroxyl groups excluding tert-OH is 1. The van der Waals surface area contributed by atoms with Gasteiger partial charge in [0.05, 0.1) is 11.5 Å². The summed E-state index contributed by atoms with van der Waals surface area (Å²) >= 11 is 0. The maximum atomic E-state index is 12.4. The molecule has 0 heterocycles. The first kappa shape index (κ1) is 16.1. The van der Waals surface area contributed by atoms with E-state index in [0.29, 0.717) is 5.56 Å². The van der Waals surface area contributed by atoms with Gasteiger partial charge in [-0.2, -0.15) is 0 Å². The topological polar surface area (TPSA) is 66.4 Å². The molecular weight excluding hydrogens is 262 g/mol. The van der Waals surface area contributed by atoms with E-state index in [4.69, 9.17) is 0 Å². The quantitative estimate of drug-likeness (QED) is 0.842. The maximum absolute atomic E-state index is 12.4. The van der Waals surface area contributed by atoms with Gasteiger partial charge in [-0.3, -0.25) is 0 Å². The SMILES string of the molecule is CCC(CC)NS(=O)(=O)c1cc(CO)cc(C)c1C. The van der Waals surface area contributed by atoms with Gasteiger partial charge >= 0.3 is 0 Å². The molecule has 0 unspecified atom stereocenters. The Morgan fingerprint density at radius 3 is 2.26 bits per heavy atom. The molecule has 0 aliphatic rings. The highest BCUT2D eigenvalue weighted by Crippen LogP contribution is 2.22. The van der Waals surface area contributed by atoms with E-state index in [0.717, 1.165) is 24.0 Å². The Morgan fingerprint density at radius 2 is 1.79 bits per heavy atom. The minimum Gasteiger partial charge on any atom is -0.392 e. The van der Waals surface area contributed by atoms with Gasteiger partial charge in [0, 0.05) is 6.04 Å². The summed E-state index contributed by atoms with van der Waals surface area (Å²) in [7, 11) is -3.53. The molecule has 19 heavy (non-hydrogen) atoms. The Hall–Kier alpha value is -0.910. The molecule has 0 atom stereocenters. The molecule has 0 bridgehead atoms. The normalized spacial score (nSPS) is 12.1. The Balaban J connectivity index is 3.24. The van der Waals surface area contributed by atoms with E-state index < -0.39 is 10.0 Å². The molecule has 0 aliphatic carbocycles. The number of benzene rings is 1. The van der Waals surface area contributed by atoms with Crippen molar-refractivity contribution in [3.8, 4) is 0 Å². The number of rotatable bonds is 6. The van der Waals surface area contributed by atoms with Crippen LogP contribution < -0.4 is 4.72 Å². The van der Waals surface area contributed by atoms with Gasteiger partial charge in [-0.05, 0) is 49.4 Å². The van der Waals surface area contributed by atoms with E-state index in [1.165, 1.54) is 0 Å². The first-order valence-electron chi connectivity index (χ1n) is 6.59. The van der Waals surface area contributed by atoms with Gasteiger partial charge in [-0.15, -0.1) is 0 Å². The molecule has 5 heteroatoms. The van der Waals surface area contributed by atoms with Crippen molar-refractivity contribution in [3.63, 3.8) is 0 Å². The van der Waals surface area contributed by atoms with Crippen LogP contribution in [0.25, 0.3) is 0 Å². The number of sulfonamides is 1. The number of nitrogens with one attached hydrogen (secondary N) is 1. The fraction of sp³-hybridized carbons (Fsp3) is 0.571. The van der Waals surface area contributed by atoms with Gasteiger partial charge in [0.1, 0.15) is 0 Å². The molecule has 4 nitrogen and oxygen atoms in total. The van der Waals surface area contributed by atoms with Crippen LogP contribution in [0.4, 0.5) is 0 Å². The summed E-state index contributed by atoms with van der Waals surface area (Å²) in [6.07, 6.45) is 1.51. The van der Waals surface area contributed by atoms with Gasteiger partial charge < -0.3 is 5.11 Å². The monoisotopic (exact) mass is 285 g/mol. The third-order valence-electron chi connectivity index (χ3n) is 3.46. The van der Waals surface area contributed by atoms with Crippen LogP contribution >= 0.6 is 0 Å². The van der Waals surface area contributed by atoms with Crippen LogP contribution in [0.1, 0.15) is 43.4 Å². The van der Waals surface area contributed by atoms with E-state index >= 15 is 0 Å². The lowest BCUT2D eigenvalue weighted by Gasteiger charge is -2.17. The van der Waals surface area contributed by atoms with Crippen molar-refractivity contribution in [3.05, 3.63) is 28.8 Å². The summed E-state index contributed by atoms with van der Waals surface area (Å²) in [5.74, 6) is 0. The molecule has 1 aromatic carbocycles. The van der Waals surface area contributed by atoms with E-state index in [1.54, 1.807) is 13.0 Å². The molecule has 108 valence electrons. The number of hydrogen-bond donors (Lipinski definition) is 2. The third kappa shape index (κ3) is 3.78. The molecule has 0 radical (unpaired) electrons. The van der Waals surface area contributed by atoms with E-state index in [1.807, 2.05) is 26.8 Å². The first-order valence-corrected chi connectivity index (χ1v) is 8.07. The number of hydrogen-bond acceptors (Lipinski definition) is 3. The van der Waals surface area contributed by atoms with Crippen LogP contribution in [0, 0.1) is 13.8 Å². The van der Waals surface area contributed by atoms with E-state index in [9.17, 15) is 13.5 Å². The van der Waals surface area contributed by atoms with Crippen LogP contribution in [-0.4, -0.2) is 19.6 Å². The Kier molecular flexibility index (Phi) is 5.52. The average molecular weight is 285 g/mol. The van der Waals surface area contributed by atoms with Gasteiger partial charge in [-0.25, -0.2) is 13.1 Å². The van der Waals surface area contributed by atoms with Gasteiger partial charge in [0.2, 0.25) is 10.0 Å². The maximum Gasteiger partial charge on any atom is 0.241 e. The van der Waals surface area contributed by atoms with Crippen molar-refractivity contribution < 1.29 is 13.5 Å². The van der Waals surface area contributed by atoms with Crippen molar-refractivity contribution in [2.24, 2.45) is 0 Å². The van der Waals surface area contributed by atoms with Crippen molar-refractivity contribution in [1.29, 1.82) is 0 Å². The molecule has 1 rings (SSSR count). The Morgan fingerprint density at radius 1 is 1.21 bits per heavy atom. The molecule has 0 saturated carbocycles. The summed E-state index contributed by atoms with van der Waals surface area (Å²) in [5, 5.41) is 9.20. The molecule has 0 amide bonds. The molecule has 1 aromatic rings. The fourth-order valence-corrected chi connectivity index (χ4v) is 3.78. The van der Waals surface area contributed by atoms with Crippen molar-refractivity contribution in [2.75, 3.05) is 0 Å². The number of aliphatic hydroxyl groups is 1. The van der Waals surface area contributed by atoms with E-state index in [-0.39, 0.29) is 17.5 Å². The molecule has 0 aliphatic heterocycles. The Bertz CT molecular complexity index is 534. The van der Waals surface area contributed by atoms with Crippen LogP contribution in [0.3, 0.4) is 0 Å². The summed E-state index contributed by atoms with van der Waals surface area (Å²) in [4.78, 5) is 0.267. The zero-order chi connectivity index (χ0) is 14.6. The minimum atomic E-state index is -3.53. The predicted molar refractivity (Wildman–Crippen MR) is 76.5 cm³/mol. The highest BCUT2D eigenvalue weighted by molar-refractivity contribution is 7.89. The third-order valence-corrected chi connectivity index (χ3v) is 5.11. The lowest BCUT2D eigenvalue weighted by Crippen LogP contribution is -2.34. The van der Waals surface area contributed by atoms with Gasteiger partial charge in [-0.1, -0.05) is 19.9 Å². The van der Waals surface area contributed by atoms with Crippen LogP contribution in [0.2, 0.25) is 0 Å². The highest BCUT2D eigenvalue weighted by Gasteiger charge is 2.21. The van der Waals surface area contributed by atoms with Crippen LogP contribution in [0.15, 0.2) is 17.0 Å².